The molecule has 1 aliphatic heterocycles. The molecule has 7 nitrogen and oxygen atoms in total. The molecule has 8 heteroatoms. The first kappa shape index (κ1) is 21.6. The second-order valence-electron chi connectivity index (χ2n) is 7.40. The molecule has 2 heterocycles. The third-order valence-electron chi connectivity index (χ3n) is 5.09. The summed E-state index contributed by atoms with van der Waals surface area (Å²) < 4.78 is 5.53. The van der Waals surface area contributed by atoms with Gasteiger partial charge in [0.25, 0.3) is 5.91 Å². The van der Waals surface area contributed by atoms with Gasteiger partial charge in [0, 0.05) is 29.2 Å². The van der Waals surface area contributed by atoms with Crippen LogP contribution in [-0.4, -0.2) is 30.9 Å². The lowest BCUT2D eigenvalue weighted by Crippen LogP contribution is -2.32. The third-order valence-corrected chi connectivity index (χ3v) is 5.97. The van der Waals surface area contributed by atoms with Crippen molar-refractivity contribution in [2.75, 3.05) is 23.4 Å². The van der Waals surface area contributed by atoms with Crippen molar-refractivity contribution >= 4 is 40.4 Å². The van der Waals surface area contributed by atoms with E-state index in [1.54, 1.807) is 52.6 Å². The highest BCUT2D eigenvalue weighted by Gasteiger charge is 2.35. The summed E-state index contributed by atoms with van der Waals surface area (Å²) in [6.07, 6.45) is 0.189. The average molecular weight is 450 g/mol. The Morgan fingerprint density at radius 1 is 1.03 bits per heavy atom. The van der Waals surface area contributed by atoms with Crippen LogP contribution < -0.4 is 20.3 Å². The van der Waals surface area contributed by atoms with E-state index in [1.165, 1.54) is 0 Å². The number of nitrogens with one attached hydrogen (secondary N) is 2. The van der Waals surface area contributed by atoms with Gasteiger partial charge in [-0.15, -0.1) is 11.3 Å². The molecule has 0 saturated carbocycles. The van der Waals surface area contributed by atoms with Crippen LogP contribution in [0.15, 0.2) is 72.1 Å². The summed E-state index contributed by atoms with van der Waals surface area (Å²) in [6, 6.07) is 20.0. The first-order valence-electron chi connectivity index (χ1n) is 10.3. The second-order valence-corrected chi connectivity index (χ2v) is 8.43. The van der Waals surface area contributed by atoms with Gasteiger partial charge in [0.1, 0.15) is 5.75 Å². The smallest absolute Gasteiger partial charge is 0.262 e. The molecule has 2 aromatic carbocycles. The van der Waals surface area contributed by atoms with E-state index in [0.717, 1.165) is 4.88 Å². The molecule has 0 unspecified atom stereocenters. The topological polar surface area (TPSA) is 87.7 Å². The van der Waals surface area contributed by atoms with Crippen LogP contribution in [0.1, 0.15) is 11.3 Å². The molecule has 1 saturated heterocycles. The highest BCUT2D eigenvalue weighted by molar-refractivity contribution is 7.09. The maximum atomic E-state index is 12.5. The van der Waals surface area contributed by atoms with E-state index in [2.05, 4.69) is 10.6 Å². The van der Waals surface area contributed by atoms with Gasteiger partial charge in [-0.25, -0.2) is 0 Å². The molecule has 3 aromatic rings. The zero-order chi connectivity index (χ0) is 22.3. The number of benzene rings is 2. The lowest BCUT2D eigenvalue weighted by Gasteiger charge is -2.17. The molecule has 0 radical (unpaired) electrons. The van der Waals surface area contributed by atoms with Crippen LogP contribution in [0.3, 0.4) is 0 Å². The van der Waals surface area contributed by atoms with Gasteiger partial charge in [-0.1, -0.05) is 24.3 Å². The SMILES string of the molecule is O=C(COc1ccc(N2C[C@H](C(=O)NCc3cccs3)CC2=O)cc1)Nc1ccccc1. The Bertz CT molecular complexity index is 1070. The standard InChI is InChI=1S/C24H23N3O4S/c28-22(26-18-5-2-1-3-6-18)16-31-20-10-8-19(9-11-20)27-15-17(13-23(27)29)24(30)25-14-21-7-4-12-32-21/h1-12,17H,13-16H2,(H,25,30)(H,26,28)/t17-/m1/s1. The minimum Gasteiger partial charge on any atom is -0.484 e. The molecular weight excluding hydrogens is 426 g/mol. The first-order chi connectivity index (χ1) is 15.6. The number of amides is 3. The van der Waals surface area contributed by atoms with E-state index >= 15 is 0 Å². The fourth-order valence-electron chi connectivity index (χ4n) is 3.45. The molecule has 1 aromatic heterocycles. The second kappa shape index (κ2) is 10.1. The van der Waals surface area contributed by atoms with Crippen LogP contribution in [-0.2, 0) is 20.9 Å². The van der Waals surface area contributed by atoms with Crippen LogP contribution in [0.2, 0.25) is 0 Å². The van der Waals surface area contributed by atoms with Gasteiger partial charge in [0.2, 0.25) is 11.8 Å². The molecular formula is C24H23N3O4S. The Morgan fingerprint density at radius 3 is 2.53 bits per heavy atom. The number of ether oxygens (including phenoxy) is 1. The van der Waals surface area contributed by atoms with Crippen molar-refractivity contribution in [1.82, 2.24) is 5.32 Å². The molecule has 1 fully saturated rings. The van der Waals surface area contributed by atoms with Gasteiger partial charge in [-0.05, 0) is 47.8 Å². The molecule has 4 rings (SSSR count). The Morgan fingerprint density at radius 2 is 1.81 bits per heavy atom. The summed E-state index contributed by atoms with van der Waals surface area (Å²) in [5.41, 5.74) is 1.41. The van der Waals surface area contributed by atoms with Crippen molar-refractivity contribution in [2.45, 2.75) is 13.0 Å². The number of hydrogen-bond donors (Lipinski definition) is 2. The third kappa shape index (κ3) is 5.53. The zero-order valence-electron chi connectivity index (χ0n) is 17.3. The van der Waals surface area contributed by atoms with Gasteiger partial charge in [-0.2, -0.15) is 0 Å². The molecule has 1 atom stereocenters. The number of thiophene rings is 1. The first-order valence-corrected chi connectivity index (χ1v) is 11.1. The number of nitrogens with zero attached hydrogens (tertiary/aromatic N) is 1. The Kier molecular flexibility index (Phi) is 6.81. The maximum Gasteiger partial charge on any atom is 0.262 e. The normalized spacial score (nSPS) is 15.4. The summed E-state index contributed by atoms with van der Waals surface area (Å²) in [5, 5.41) is 7.63. The Balaban J connectivity index is 1.27. The minimum absolute atomic E-state index is 0.0859. The van der Waals surface area contributed by atoms with Crippen molar-refractivity contribution in [3.05, 3.63) is 77.0 Å². The number of carbonyl (C=O) groups is 3. The molecule has 164 valence electrons. The Hall–Kier alpha value is -3.65. The van der Waals surface area contributed by atoms with Crippen LogP contribution >= 0.6 is 11.3 Å². The monoisotopic (exact) mass is 449 g/mol. The van der Waals surface area contributed by atoms with E-state index in [4.69, 9.17) is 4.74 Å². The molecule has 0 aliphatic carbocycles. The van der Waals surface area contributed by atoms with Crippen molar-refractivity contribution in [1.29, 1.82) is 0 Å². The van der Waals surface area contributed by atoms with E-state index in [0.29, 0.717) is 30.2 Å². The largest absolute Gasteiger partial charge is 0.484 e. The van der Waals surface area contributed by atoms with E-state index in [9.17, 15) is 14.4 Å². The Labute approximate surface area is 190 Å². The summed E-state index contributed by atoms with van der Waals surface area (Å²) >= 11 is 1.58. The summed E-state index contributed by atoms with van der Waals surface area (Å²) in [7, 11) is 0. The molecule has 2 N–H and O–H groups in total. The van der Waals surface area contributed by atoms with Crippen LogP contribution in [0.5, 0.6) is 5.75 Å². The van der Waals surface area contributed by atoms with Crippen molar-refractivity contribution in [3.8, 4) is 5.75 Å². The molecule has 1 aliphatic rings. The van der Waals surface area contributed by atoms with Crippen molar-refractivity contribution in [2.24, 2.45) is 5.92 Å². The van der Waals surface area contributed by atoms with Gasteiger partial charge in [0.15, 0.2) is 6.61 Å². The number of para-hydroxylation sites is 1. The van der Waals surface area contributed by atoms with E-state index in [-0.39, 0.29) is 36.7 Å². The van der Waals surface area contributed by atoms with Gasteiger partial charge < -0.3 is 20.3 Å². The minimum atomic E-state index is -0.375. The highest BCUT2D eigenvalue weighted by atomic mass is 32.1. The summed E-state index contributed by atoms with van der Waals surface area (Å²) in [4.78, 5) is 39.6. The molecule has 0 bridgehead atoms. The number of rotatable bonds is 8. The molecule has 0 spiro atoms. The summed E-state index contributed by atoms with van der Waals surface area (Å²) in [6.45, 7) is 0.698. The fourth-order valence-corrected chi connectivity index (χ4v) is 4.10. The lowest BCUT2D eigenvalue weighted by molar-refractivity contribution is -0.126. The zero-order valence-corrected chi connectivity index (χ0v) is 18.1. The predicted octanol–water partition coefficient (Wildman–Crippen LogP) is 3.43. The van der Waals surface area contributed by atoms with Crippen LogP contribution in [0, 0.1) is 5.92 Å². The van der Waals surface area contributed by atoms with E-state index < -0.39 is 0 Å². The molecule has 32 heavy (non-hydrogen) atoms. The maximum absolute atomic E-state index is 12.5. The highest BCUT2D eigenvalue weighted by Crippen LogP contribution is 2.27. The van der Waals surface area contributed by atoms with Gasteiger partial charge in [0.05, 0.1) is 12.5 Å². The lowest BCUT2D eigenvalue weighted by atomic mass is 10.1. The van der Waals surface area contributed by atoms with Gasteiger partial charge in [-0.3, -0.25) is 14.4 Å². The number of hydrogen-bond acceptors (Lipinski definition) is 5. The average Bonchev–Trinajstić information content (AvgIpc) is 3.47. The van der Waals surface area contributed by atoms with E-state index in [1.807, 2.05) is 35.7 Å². The van der Waals surface area contributed by atoms with Crippen molar-refractivity contribution in [3.63, 3.8) is 0 Å². The van der Waals surface area contributed by atoms with Crippen LogP contribution in [0.4, 0.5) is 11.4 Å². The van der Waals surface area contributed by atoms with Gasteiger partial charge >= 0.3 is 0 Å². The van der Waals surface area contributed by atoms with Crippen molar-refractivity contribution < 1.29 is 19.1 Å². The molecule has 3 amide bonds. The fraction of sp³-hybridized carbons (Fsp3) is 0.208. The number of carbonyl (C=O) groups excluding carboxylic acids is 3. The summed E-state index contributed by atoms with van der Waals surface area (Å²) in [5.74, 6) is -0.309. The predicted molar refractivity (Wildman–Crippen MR) is 124 cm³/mol. The van der Waals surface area contributed by atoms with Crippen LogP contribution in [0.25, 0.3) is 0 Å². The number of anilines is 2. The quantitative estimate of drug-likeness (QED) is 0.552.